The number of hydrogen-bond acceptors (Lipinski definition) is 2. The average Bonchev–Trinajstić information content (AvgIpc) is 3.11. The van der Waals surface area contributed by atoms with Crippen LogP contribution in [0, 0.1) is 6.92 Å². The number of benzene rings is 1. The normalized spacial score (nSPS) is 11.6. The zero-order valence-corrected chi connectivity index (χ0v) is 35.3. The molecule has 0 N–H and O–H groups in total. The van der Waals surface area contributed by atoms with Crippen LogP contribution in [0.3, 0.4) is 0 Å². The summed E-state index contributed by atoms with van der Waals surface area (Å²) in [6.45, 7) is 8.83. The highest BCUT2D eigenvalue weighted by Crippen LogP contribution is 2.34. The maximum atomic E-state index is 4.21. The second-order valence-electron chi connectivity index (χ2n) is 15.3. The van der Waals surface area contributed by atoms with Crippen LogP contribution < -0.4 is 0 Å². The van der Waals surface area contributed by atoms with Gasteiger partial charge in [-0.1, -0.05) is 232 Å². The monoisotopic (exact) mass is 716 g/mol. The molecule has 0 saturated heterocycles. The molecule has 0 unspecified atom stereocenters. The summed E-state index contributed by atoms with van der Waals surface area (Å²) in [5.41, 5.74) is 1.59. The maximum absolute atomic E-state index is 4.21. The molecule has 0 nitrogen and oxygen atoms in total. The van der Waals surface area contributed by atoms with Crippen LogP contribution >= 0.6 is 23.5 Å². The summed E-state index contributed by atoms with van der Waals surface area (Å²) in [5.74, 6) is 2.55. The van der Waals surface area contributed by atoms with E-state index in [9.17, 15) is 0 Å². The lowest BCUT2D eigenvalue weighted by atomic mass is 10.0. The Bertz CT molecular complexity index is 715. The van der Waals surface area contributed by atoms with E-state index in [4.69, 9.17) is 0 Å². The quantitative estimate of drug-likeness (QED) is 0.0490. The number of thioether (sulfide) groups is 2. The van der Waals surface area contributed by atoms with Gasteiger partial charge in [0.1, 0.15) is 0 Å². The molecule has 2 heteroatoms. The van der Waals surface area contributed by atoms with Gasteiger partial charge in [-0.05, 0) is 54.9 Å². The standard InChI is InChI=1S/C47H87S2/c1-4-7-9-11-13-15-17-19-21-23-25-27-29-31-33-35-37-43-48-46-41-39-42-47(45(46)40-6-3)49-44-38-36-34-32-30-28-26-24-22-20-18-16-14-12-10-8-5-2/h39,41-42H,3-38,40,43-44H2,1-2H3. The minimum atomic E-state index is 1.00. The lowest BCUT2D eigenvalue weighted by Crippen LogP contribution is -1.94. The summed E-state index contributed by atoms with van der Waals surface area (Å²) in [6, 6.07) is 7.06. The highest BCUT2D eigenvalue weighted by Gasteiger charge is 2.09. The fourth-order valence-electron chi connectivity index (χ4n) is 7.26. The van der Waals surface area contributed by atoms with Crippen molar-refractivity contribution in [3.05, 3.63) is 30.7 Å². The van der Waals surface area contributed by atoms with Crippen molar-refractivity contribution in [3.8, 4) is 0 Å². The molecule has 0 aliphatic carbocycles. The van der Waals surface area contributed by atoms with E-state index in [-0.39, 0.29) is 0 Å². The maximum Gasteiger partial charge on any atom is 0.0115 e. The molecule has 0 bridgehead atoms. The highest BCUT2D eigenvalue weighted by atomic mass is 32.2. The molecule has 0 fully saturated rings. The number of hydrogen-bond donors (Lipinski definition) is 0. The van der Waals surface area contributed by atoms with E-state index >= 15 is 0 Å². The van der Waals surface area contributed by atoms with Gasteiger partial charge in [0.15, 0.2) is 0 Å². The first-order valence-electron chi connectivity index (χ1n) is 22.5. The first-order valence-corrected chi connectivity index (χ1v) is 24.5. The van der Waals surface area contributed by atoms with E-state index < -0.39 is 0 Å². The van der Waals surface area contributed by atoms with Gasteiger partial charge in [-0.3, -0.25) is 0 Å². The van der Waals surface area contributed by atoms with Crippen LogP contribution in [0.2, 0.25) is 0 Å². The van der Waals surface area contributed by atoms with Crippen LogP contribution in [-0.2, 0) is 6.42 Å². The lowest BCUT2D eigenvalue weighted by Gasteiger charge is -2.14. The van der Waals surface area contributed by atoms with Crippen molar-refractivity contribution in [2.75, 3.05) is 11.5 Å². The average molecular weight is 716 g/mol. The fraction of sp³-hybridized carbons (Fsp3) is 0.851. The molecule has 49 heavy (non-hydrogen) atoms. The summed E-state index contributed by atoms with van der Waals surface area (Å²) in [5, 5.41) is 0. The smallest absolute Gasteiger partial charge is 0.0115 e. The summed E-state index contributed by atoms with van der Waals surface area (Å²) >= 11 is 4.23. The third kappa shape index (κ3) is 31.2. The van der Waals surface area contributed by atoms with E-state index in [1.807, 2.05) is 0 Å². The molecule has 1 radical (unpaired) electrons. The molecular weight excluding hydrogens is 629 g/mol. The predicted octanol–water partition coefficient (Wildman–Crippen LogP) is 17.9. The molecular formula is C47H87S2. The Hall–Kier alpha value is -0.0800. The minimum Gasteiger partial charge on any atom is -0.126 e. The van der Waals surface area contributed by atoms with Gasteiger partial charge in [-0.2, -0.15) is 0 Å². The fourth-order valence-corrected chi connectivity index (χ4v) is 9.58. The topological polar surface area (TPSA) is 0 Å². The SMILES string of the molecule is [CH2]CCc1c(SCCCCCCCCCCCCCCCCCCC)cccc1SCCCCCCCCCCCCCCCCCCC. The van der Waals surface area contributed by atoms with Crippen LogP contribution in [0.4, 0.5) is 0 Å². The van der Waals surface area contributed by atoms with Gasteiger partial charge < -0.3 is 0 Å². The summed E-state index contributed by atoms with van der Waals surface area (Å²) < 4.78 is 0. The third-order valence-electron chi connectivity index (χ3n) is 10.5. The Morgan fingerprint density at radius 2 is 0.612 bits per heavy atom. The lowest BCUT2D eigenvalue weighted by molar-refractivity contribution is 0.529. The summed E-state index contributed by atoms with van der Waals surface area (Å²) in [7, 11) is 0. The molecule has 0 atom stereocenters. The molecule has 1 rings (SSSR count). The molecule has 1 aromatic rings. The molecule has 0 spiro atoms. The Balaban J connectivity index is 1.99. The Labute approximate surface area is 319 Å². The van der Waals surface area contributed by atoms with Crippen molar-refractivity contribution in [1.29, 1.82) is 0 Å². The summed E-state index contributed by atoms with van der Waals surface area (Å²) in [4.78, 5) is 3.07. The molecule has 0 aromatic heterocycles. The van der Waals surface area contributed by atoms with Gasteiger partial charge in [0.25, 0.3) is 0 Å². The predicted molar refractivity (Wildman–Crippen MR) is 230 cm³/mol. The Morgan fingerprint density at radius 3 is 0.857 bits per heavy atom. The van der Waals surface area contributed by atoms with E-state index in [2.05, 4.69) is 62.5 Å². The Morgan fingerprint density at radius 1 is 0.367 bits per heavy atom. The first-order chi connectivity index (χ1) is 24.3. The second kappa shape index (κ2) is 39.1. The zero-order chi connectivity index (χ0) is 35.1. The molecule has 0 aliphatic heterocycles. The molecule has 0 heterocycles. The molecule has 0 amide bonds. The second-order valence-corrected chi connectivity index (χ2v) is 17.6. The van der Waals surface area contributed by atoms with Gasteiger partial charge in [0, 0.05) is 9.79 Å². The van der Waals surface area contributed by atoms with E-state index in [0.717, 1.165) is 12.8 Å². The van der Waals surface area contributed by atoms with Gasteiger partial charge in [-0.15, -0.1) is 23.5 Å². The molecule has 0 saturated carbocycles. The van der Waals surface area contributed by atoms with Crippen molar-refractivity contribution >= 4 is 23.5 Å². The van der Waals surface area contributed by atoms with Crippen LogP contribution in [0.25, 0.3) is 0 Å². The highest BCUT2D eigenvalue weighted by molar-refractivity contribution is 8.00. The molecule has 1 aromatic carbocycles. The van der Waals surface area contributed by atoms with Gasteiger partial charge in [-0.25, -0.2) is 0 Å². The third-order valence-corrected chi connectivity index (χ3v) is 12.9. The Kier molecular flexibility index (Phi) is 37.5. The zero-order valence-electron chi connectivity index (χ0n) is 33.6. The number of rotatable bonds is 40. The van der Waals surface area contributed by atoms with Gasteiger partial charge in [0.05, 0.1) is 0 Å². The molecule has 287 valence electrons. The van der Waals surface area contributed by atoms with Crippen molar-refractivity contribution in [2.24, 2.45) is 0 Å². The van der Waals surface area contributed by atoms with Gasteiger partial charge in [0.2, 0.25) is 0 Å². The molecule has 0 aliphatic rings. The minimum absolute atomic E-state index is 1.00. The van der Waals surface area contributed by atoms with Crippen molar-refractivity contribution in [2.45, 2.75) is 255 Å². The van der Waals surface area contributed by atoms with Crippen LogP contribution in [0.5, 0.6) is 0 Å². The number of unbranched alkanes of at least 4 members (excludes halogenated alkanes) is 32. The van der Waals surface area contributed by atoms with Crippen LogP contribution in [0.15, 0.2) is 28.0 Å². The van der Waals surface area contributed by atoms with E-state index in [1.165, 1.54) is 240 Å². The summed E-state index contributed by atoms with van der Waals surface area (Å²) in [6.07, 6.45) is 51.3. The van der Waals surface area contributed by atoms with Crippen LogP contribution in [0.1, 0.15) is 244 Å². The van der Waals surface area contributed by atoms with E-state index in [0.29, 0.717) is 0 Å². The van der Waals surface area contributed by atoms with E-state index in [1.54, 1.807) is 5.56 Å². The van der Waals surface area contributed by atoms with Crippen molar-refractivity contribution in [3.63, 3.8) is 0 Å². The van der Waals surface area contributed by atoms with Gasteiger partial charge >= 0.3 is 0 Å². The first kappa shape index (κ1) is 46.9. The largest absolute Gasteiger partial charge is 0.126 e. The van der Waals surface area contributed by atoms with Crippen LogP contribution in [-0.4, -0.2) is 11.5 Å². The van der Waals surface area contributed by atoms with Crippen molar-refractivity contribution in [1.82, 2.24) is 0 Å². The van der Waals surface area contributed by atoms with Crippen molar-refractivity contribution < 1.29 is 0 Å².